The number of carbonyl (C=O) groups excluding carboxylic acids is 1. The molecule has 2 rings (SSSR count). The van der Waals surface area contributed by atoms with Gasteiger partial charge >= 0.3 is 5.97 Å². The van der Waals surface area contributed by atoms with Crippen LogP contribution >= 0.6 is 0 Å². The maximum absolute atomic E-state index is 11.9. The molecule has 0 bridgehead atoms. The van der Waals surface area contributed by atoms with Crippen LogP contribution in [0, 0.1) is 0 Å². The van der Waals surface area contributed by atoms with Crippen LogP contribution in [0.4, 0.5) is 0 Å². The van der Waals surface area contributed by atoms with Crippen LogP contribution in [0.5, 0.6) is 0 Å². The van der Waals surface area contributed by atoms with Crippen LogP contribution in [0.15, 0.2) is 0 Å². The van der Waals surface area contributed by atoms with E-state index in [4.69, 9.17) is 5.11 Å². The van der Waals surface area contributed by atoms with Crippen molar-refractivity contribution in [2.45, 2.75) is 50.6 Å². The molecule has 0 heterocycles. The van der Waals surface area contributed by atoms with Crippen LogP contribution in [0.3, 0.4) is 0 Å². The summed E-state index contributed by atoms with van der Waals surface area (Å²) in [6.07, 6.45) is 6.62. The highest BCUT2D eigenvalue weighted by atomic mass is 16.4. The zero-order chi connectivity index (χ0) is 12.3. The van der Waals surface area contributed by atoms with Gasteiger partial charge in [0.2, 0.25) is 5.91 Å². The Hall–Kier alpha value is -1.10. The third kappa shape index (κ3) is 3.70. The minimum Gasteiger partial charge on any atom is -0.480 e. The summed E-state index contributed by atoms with van der Waals surface area (Å²) < 4.78 is 0. The van der Waals surface area contributed by atoms with Gasteiger partial charge in [-0.1, -0.05) is 12.8 Å². The van der Waals surface area contributed by atoms with E-state index >= 15 is 0 Å². The molecule has 1 amide bonds. The van der Waals surface area contributed by atoms with E-state index in [1.54, 1.807) is 0 Å². The van der Waals surface area contributed by atoms with E-state index in [0.717, 1.165) is 25.7 Å². The Morgan fingerprint density at radius 2 is 1.82 bits per heavy atom. The average Bonchev–Trinajstić information content (AvgIpc) is 2.99. The number of hydrogen-bond acceptors (Lipinski definition) is 3. The molecule has 96 valence electrons. The first kappa shape index (κ1) is 12.4. The molecule has 2 fully saturated rings. The molecule has 5 nitrogen and oxygen atoms in total. The smallest absolute Gasteiger partial charge is 0.323 e. The molecule has 17 heavy (non-hydrogen) atoms. The van der Waals surface area contributed by atoms with Gasteiger partial charge in [-0.25, -0.2) is 0 Å². The van der Waals surface area contributed by atoms with Crippen molar-refractivity contribution < 1.29 is 14.7 Å². The summed E-state index contributed by atoms with van der Waals surface area (Å²) in [7, 11) is 0. The molecule has 0 spiro atoms. The lowest BCUT2D eigenvalue weighted by Crippen LogP contribution is -2.44. The predicted molar refractivity (Wildman–Crippen MR) is 62.6 cm³/mol. The first-order chi connectivity index (χ1) is 8.16. The lowest BCUT2D eigenvalue weighted by Gasteiger charge is -2.21. The summed E-state index contributed by atoms with van der Waals surface area (Å²) in [5.41, 5.74) is 0. The number of rotatable bonds is 6. The van der Waals surface area contributed by atoms with Crippen LogP contribution in [0.25, 0.3) is 0 Å². The standard InChI is InChI=1S/C12H20N2O3/c15-11(7-13-9-3-1-2-4-9)14(8-12(16)17)10-5-6-10/h9-10,13H,1-8H2,(H,16,17). The van der Waals surface area contributed by atoms with Crippen molar-refractivity contribution in [2.24, 2.45) is 0 Å². The summed E-state index contributed by atoms with van der Waals surface area (Å²) in [5, 5.41) is 12.0. The lowest BCUT2D eigenvalue weighted by atomic mass is 10.2. The second kappa shape index (κ2) is 5.49. The van der Waals surface area contributed by atoms with Crippen LogP contribution in [-0.2, 0) is 9.59 Å². The van der Waals surface area contributed by atoms with Gasteiger partial charge in [0.15, 0.2) is 0 Å². The fourth-order valence-electron chi connectivity index (χ4n) is 2.42. The van der Waals surface area contributed by atoms with Gasteiger partial charge in [-0.05, 0) is 25.7 Å². The van der Waals surface area contributed by atoms with Gasteiger partial charge in [0.25, 0.3) is 0 Å². The number of carboxylic acids is 1. The van der Waals surface area contributed by atoms with Gasteiger partial charge in [0.1, 0.15) is 6.54 Å². The average molecular weight is 240 g/mol. The van der Waals surface area contributed by atoms with Gasteiger partial charge in [0.05, 0.1) is 6.54 Å². The second-order valence-corrected chi connectivity index (χ2v) is 5.01. The summed E-state index contributed by atoms with van der Waals surface area (Å²) in [6.45, 7) is 0.129. The van der Waals surface area contributed by atoms with Gasteiger partial charge < -0.3 is 15.3 Å². The SMILES string of the molecule is O=C(O)CN(C(=O)CNC1CCCC1)C1CC1. The Morgan fingerprint density at radius 1 is 1.18 bits per heavy atom. The molecule has 0 aromatic rings. The molecule has 0 saturated heterocycles. The largest absolute Gasteiger partial charge is 0.480 e. The first-order valence-corrected chi connectivity index (χ1v) is 6.41. The van der Waals surface area contributed by atoms with Crippen molar-refractivity contribution in [1.29, 1.82) is 0 Å². The molecule has 2 N–H and O–H groups in total. The highest BCUT2D eigenvalue weighted by Crippen LogP contribution is 2.26. The van der Waals surface area contributed by atoms with Gasteiger partial charge in [-0.2, -0.15) is 0 Å². The van der Waals surface area contributed by atoms with Gasteiger partial charge in [-0.3, -0.25) is 9.59 Å². The van der Waals surface area contributed by atoms with E-state index in [2.05, 4.69) is 5.32 Å². The molecule has 0 atom stereocenters. The highest BCUT2D eigenvalue weighted by Gasteiger charge is 2.33. The fraction of sp³-hybridized carbons (Fsp3) is 0.833. The molecule has 5 heteroatoms. The minimum absolute atomic E-state index is 0.0678. The maximum Gasteiger partial charge on any atom is 0.323 e. The molecule has 0 unspecified atom stereocenters. The van der Waals surface area contributed by atoms with E-state index in [9.17, 15) is 9.59 Å². The Bertz CT molecular complexity index is 296. The van der Waals surface area contributed by atoms with E-state index < -0.39 is 5.97 Å². The van der Waals surface area contributed by atoms with Crippen molar-refractivity contribution in [2.75, 3.05) is 13.1 Å². The quantitative estimate of drug-likeness (QED) is 0.713. The van der Waals surface area contributed by atoms with Crippen molar-refractivity contribution in [3.05, 3.63) is 0 Å². The summed E-state index contributed by atoms with van der Waals surface area (Å²) in [6, 6.07) is 0.619. The molecular formula is C12H20N2O3. The predicted octanol–water partition coefficient (Wildman–Crippen LogP) is 0.594. The number of nitrogens with zero attached hydrogens (tertiary/aromatic N) is 1. The first-order valence-electron chi connectivity index (χ1n) is 6.41. The van der Waals surface area contributed by atoms with E-state index in [1.807, 2.05) is 0 Å². The Labute approximate surface area is 101 Å². The zero-order valence-electron chi connectivity index (χ0n) is 10.0. The highest BCUT2D eigenvalue weighted by molar-refractivity contribution is 5.83. The van der Waals surface area contributed by atoms with Crippen molar-refractivity contribution in [1.82, 2.24) is 10.2 Å². The molecule has 2 aliphatic carbocycles. The Morgan fingerprint density at radius 3 is 2.35 bits per heavy atom. The normalized spacial score (nSPS) is 20.5. The van der Waals surface area contributed by atoms with Gasteiger partial charge in [-0.15, -0.1) is 0 Å². The van der Waals surface area contributed by atoms with Crippen molar-refractivity contribution in [3.63, 3.8) is 0 Å². The number of aliphatic carboxylic acids is 1. The summed E-state index contributed by atoms with van der Waals surface area (Å²) in [4.78, 5) is 24.1. The fourth-order valence-corrected chi connectivity index (χ4v) is 2.42. The number of carbonyl (C=O) groups is 2. The van der Waals surface area contributed by atoms with Crippen LogP contribution < -0.4 is 5.32 Å². The molecule has 0 aliphatic heterocycles. The maximum atomic E-state index is 11.9. The minimum atomic E-state index is -0.925. The van der Waals surface area contributed by atoms with Crippen LogP contribution in [-0.4, -0.2) is 47.1 Å². The van der Waals surface area contributed by atoms with E-state index in [1.165, 1.54) is 17.7 Å². The third-order valence-electron chi connectivity index (χ3n) is 3.51. The number of amides is 1. The lowest BCUT2D eigenvalue weighted by molar-refractivity contribution is -0.144. The summed E-state index contributed by atoms with van der Waals surface area (Å²) in [5.74, 6) is -0.993. The number of nitrogens with one attached hydrogen (secondary N) is 1. The second-order valence-electron chi connectivity index (χ2n) is 5.01. The van der Waals surface area contributed by atoms with Crippen LogP contribution in [0.2, 0.25) is 0 Å². The Balaban J connectivity index is 1.77. The van der Waals surface area contributed by atoms with E-state index in [0.29, 0.717) is 6.04 Å². The van der Waals surface area contributed by atoms with E-state index in [-0.39, 0.29) is 25.0 Å². The third-order valence-corrected chi connectivity index (χ3v) is 3.51. The molecule has 0 aromatic carbocycles. The molecule has 0 aromatic heterocycles. The number of carboxylic acid groups (broad SMARTS) is 1. The zero-order valence-corrected chi connectivity index (χ0v) is 10.0. The number of hydrogen-bond donors (Lipinski definition) is 2. The molecule has 2 aliphatic rings. The molecular weight excluding hydrogens is 220 g/mol. The topological polar surface area (TPSA) is 69.6 Å². The van der Waals surface area contributed by atoms with Gasteiger partial charge in [0, 0.05) is 12.1 Å². The van der Waals surface area contributed by atoms with Crippen molar-refractivity contribution in [3.8, 4) is 0 Å². The Kier molecular flexibility index (Phi) is 3.99. The van der Waals surface area contributed by atoms with Crippen molar-refractivity contribution >= 4 is 11.9 Å². The summed E-state index contributed by atoms with van der Waals surface area (Å²) >= 11 is 0. The van der Waals surface area contributed by atoms with Crippen LogP contribution in [0.1, 0.15) is 38.5 Å². The monoisotopic (exact) mass is 240 g/mol. The molecule has 2 saturated carbocycles. The molecule has 0 radical (unpaired) electrons.